The first kappa shape index (κ1) is 23.2. The average Bonchev–Trinajstić information content (AvgIpc) is 2.76. The topological polar surface area (TPSA) is 102 Å². The summed E-state index contributed by atoms with van der Waals surface area (Å²) in [6, 6.07) is 22.7. The van der Waals surface area contributed by atoms with Crippen molar-refractivity contribution in [2.45, 2.75) is 25.4 Å². The molecule has 2 atom stereocenters. The lowest BCUT2D eigenvalue weighted by atomic mass is 10.1. The first-order valence-corrected chi connectivity index (χ1v) is 9.18. The molecule has 158 valence electrons. The Balaban J connectivity index is 0.00000320. The molecule has 0 heterocycles. The molecule has 0 aliphatic carbocycles. The Morgan fingerprint density at radius 2 is 1.33 bits per heavy atom. The van der Waals surface area contributed by atoms with E-state index in [0.29, 0.717) is 30.3 Å². The van der Waals surface area contributed by atoms with Crippen LogP contribution in [0.3, 0.4) is 0 Å². The molecule has 0 spiro atoms. The number of aliphatic carboxylic acids is 1. The van der Waals surface area contributed by atoms with Gasteiger partial charge in [-0.15, -0.1) is 12.4 Å². The predicted molar refractivity (Wildman–Crippen MR) is 116 cm³/mol. The van der Waals surface area contributed by atoms with E-state index in [1.165, 1.54) is 0 Å². The fourth-order valence-corrected chi connectivity index (χ4v) is 2.75. The highest BCUT2D eigenvalue weighted by atomic mass is 35.5. The minimum absolute atomic E-state index is 0. The molecule has 4 N–H and O–H groups in total. The first-order valence-electron chi connectivity index (χ1n) is 9.18. The van der Waals surface area contributed by atoms with Crippen molar-refractivity contribution in [2.24, 2.45) is 5.73 Å². The Hall–Kier alpha value is -3.06. The van der Waals surface area contributed by atoms with E-state index in [1.807, 2.05) is 60.7 Å². The van der Waals surface area contributed by atoms with Crippen LogP contribution in [0.2, 0.25) is 0 Å². The van der Waals surface area contributed by atoms with Gasteiger partial charge in [-0.3, -0.25) is 4.79 Å². The van der Waals surface area contributed by atoms with Crippen LogP contribution in [0.5, 0.6) is 11.5 Å². The van der Waals surface area contributed by atoms with E-state index in [4.69, 9.17) is 20.3 Å². The lowest BCUT2D eigenvalue weighted by Crippen LogP contribution is -2.36. The van der Waals surface area contributed by atoms with Crippen LogP contribution in [0.1, 0.15) is 22.8 Å². The van der Waals surface area contributed by atoms with Crippen LogP contribution in [0, 0.1) is 0 Å². The molecule has 3 aromatic carbocycles. The normalized spacial score (nSPS) is 12.3. The Bertz CT molecular complexity index is 937. The summed E-state index contributed by atoms with van der Waals surface area (Å²) in [7, 11) is 0. The van der Waals surface area contributed by atoms with E-state index in [9.17, 15) is 9.90 Å². The van der Waals surface area contributed by atoms with Gasteiger partial charge in [-0.25, -0.2) is 0 Å². The van der Waals surface area contributed by atoms with Gasteiger partial charge in [0.15, 0.2) is 11.5 Å². The molecule has 30 heavy (non-hydrogen) atoms. The molecule has 0 bridgehead atoms. The number of ether oxygens (including phenoxy) is 2. The number of carboxylic acid groups (broad SMARTS) is 1. The monoisotopic (exact) mass is 432 g/mol. The number of hydrogen-bond acceptors (Lipinski definition) is 5. The van der Waals surface area contributed by atoms with Crippen LogP contribution in [0.4, 0.5) is 0 Å². The molecule has 0 radical (unpaired) electrons. The molecule has 0 saturated heterocycles. The summed E-state index contributed by atoms with van der Waals surface area (Å²) < 4.78 is 11.8. The molecule has 0 aliphatic rings. The second-order valence-corrected chi connectivity index (χ2v) is 6.56. The molecular formula is C23H24ClNO5. The molecular weight excluding hydrogens is 409 g/mol. The van der Waals surface area contributed by atoms with Gasteiger partial charge in [-0.1, -0.05) is 66.7 Å². The lowest BCUT2D eigenvalue weighted by Gasteiger charge is -2.18. The highest BCUT2D eigenvalue weighted by Gasteiger charge is 2.24. The van der Waals surface area contributed by atoms with Crippen molar-refractivity contribution < 1.29 is 24.5 Å². The third kappa shape index (κ3) is 6.22. The number of aliphatic hydroxyl groups is 1. The van der Waals surface area contributed by atoms with Crippen molar-refractivity contribution in [3.8, 4) is 11.5 Å². The van der Waals surface area contributed by atoms with Crippen LogP contribution >= 0.6 is 12.4 Å². The number of hydrogen-bond donors (Lipinski definition) is 3. The molecule has 0 aliphatic heterocycles. The van der Waals surface area contributed by atoms with Gasteiger partial charge in [0, 0.05) is 0 Å². The van der Waals surface area contributed by atoms with Crippen molar-refractivity contribution in [1.82, 2.24) is 0 Å². The van der Waals surface area contributed by atoms with E-state index in [2.05, 4.69) is 0 Å². The Kier molecular flexibility index (Phi) is 8.68. The zero-order chi connectivity index (χ0) is 20.6. The minimum Gasteiger partial charge on any atom is -0.485 e. The number of carboxylic acids is 1. The van der Waals surface area contributed by atoms with Crippen molar-refractivity contribution in [2.75, 3.05) is 0 Å². The molecule has 3 aromatic rings. The van der Waals surface area contributed by atoms with Crippen molar-refractivity contribution in [3.63, 3.8) is 0 Å². The van der Waals surface area contributed by atoms with Gasteiger partial charge >= 0.3 is 5.97 Å². The van der Waals surface area contributed by atoms with Gasteiger partial charge in [0.2, 0.25) is 0 Å². The maximum Gasteiger partial charge on any atom is 0.323 e. The van der Waals surface area contributed by atoms with Crippen molar-refractivity contribution >= 4 is 18.4 Å². The van der Waals surface area contributed by atoms with Gasteiger partial charge in [-0.05, 0) is 28.8 Å². The summed E-state index contributed by atoms with van der Waals surface area (Å²) in [5.41, 5.74) is 7.87. The SMILES string of the molecule is Cl.[15NH2][13CH](C(O)c1ccc(OCc2ccccc2)c(OCc2ccccc2)c1)[13C](=O)O. The van der Waals surface area contributed by atoms with Gasteiger partial charge < -0.3 is 25.4 Å². The summed E-state index contributed by atoms with van der Waals surface area (Å²) in [6.45, 7) is 0.645. The quantitative estimate of drug-likeness (QED) is 0.352. The Labute approximate surface area is 181 Å². The highest BCUT2D eigenvalue weighted by Crippen LogP contribution is 2.32. The average molecular weight is 433 g/mol. The standard InChI is InChI=1S/C23H23NO5.ClH/c24-21(23(26)27)22(25)18-11-12-19(28-14-16-7-3-1-4-8-16)20(13-18)29-15-17-9-5-2-6-10-17;/h1-13,21-22,25H,14-15,24H2,(H,26,27);1H/i21+1,23+1,24+1;. The number of carbonyl (C=O) groups is 1. The number of aliphatic hydroxyl groups excluding tert-OH is 1. The molecule has 0 aromatic heterocycles. The molecule has 7 heteroatoms. The zero-order valence-corrected chi connectivity index (χ0v) is 17.0. The fourth-order valence-electron chi connectivity index (χ4n) is 2.75. The molecule has 0 fully saturated rings. The zero-order valence-electron chi connectivity index (χ0n) is 16.2. The van der Waals surface area contributed by atoms with Gasteiger partial charge in [0.05, 0.1) is 0 Å². The van der Waals surface area contributed by atoms with Crippen molar-refractivity contribution in [1.29, 1.82) is 0 Å². The van der Waals surface area contributed by atoms with Crippen LogP contribution < -0.4 is 15.2 Å². The van der Waals surface area contributed by atoms with Gasteiger partial charge in [0.25, 0.3) is 0 Å². The maximum absolute atomic E-state index is 11.1. The van der Waals surface area contributed by atoms with Crippen LogP contribution in [-0.2, 0) is 18.0 Å². The third-order valence-corrected chi connectivity index (χ3v) is 4.41. The predicted octanol–water partition coefficient (Wildman–Crippen LogP) is 3.71. The van der Waals surface area contributed by atoms with Crippen LogP contribution in [0.25, 0.3) is 0 Å². The van der Waals surface area contributed by atoms with E-state index >= 15 is 0 Å². The summed E-state index contributed by atoms with van der Waals surface area (Å²) >= 11 is 0. The Morgan fingerprint density at radius 1 is 0.833 bits per heavy atom. The molecule has 0 saturated carbocycles. The number of rotatable bonds is 9. The van der Waals surface area contributed by atoms with Crippen molar-refractivity contribution in [3.05, 3.63) is 95.6 Å². The summed E-state index contributed by atoms with van der Waals surface area (Å²) in [6.07, 6.45) is -1.37. The van der Waals surface area contributed by atoms with Gasteiger partial charge in [0.1, 0.15) is 25.4 Å². The Morgan fingerprint density at radius 3 is 1.83 bits per heavy atom. The summed E-state index contributed by atoms with van der Waals surface area (Å²) in [5.74, 6) is -0.391. The number of nitrogens with two attached hydrogens (primary N) is 1. The second-order valence-electron chi connectivity index (χ2n) is 6.56. The van der Waals surface area contributed by atoms with E-state index in [1.54, 1.807) is 18.2 Å². The smallest absolute Gasteiger partial charge is 0.323 e. The minimum atomic E-state index is -1.44. The highest BCUT2D eigenvalue weighted by molar-refractivity contribution is 5.85. The first-order chi connectivity index (χ1) is 14.0. The van der Waals surface area contributed by atoms with E-state index in [0.717, 1.165) is 11.1 Å². The lowest BCUT2D eigenvalue weighted by molar-refractivity contribution is -0.141. The largest absolute Gasteiger partial charge is 0.485 e. The molecule has 6 nitrogen and oxygen atoms in total. The molecule has 0 amide bonds. The van der Waals surface area contributed by atoms with Crippen LogP contribution in [-0.4, -0.2) is 22.2 Å². The molecule has 3 rings (SSSR count). The van der Waals surface area contributed by atoms with E-state index in [-0.39, 0.29) is 12.4 Å². The third-order valence-electron chi connectivity index (χ3n) is 4.41. The number of benzene rings is 3. The number of halogens is 1. The van der Waals surface area contributed by atoms with E-state index < -0.39 is 18.1 Å². The van der Waals surface area contributed by atoms with Crippen LogP contribution in [0.15, 0.2) is 78.9 Å². The maximum atomic E-state index is 11.1. The second kappa shape index (κ2) is 11.2. The summed E-state index contributed by atoms with van der Waals surface area (Å²) in [4.78, 5) is 11.1. The van der Waals surface area contributed by atoms with Gasteiger partial charge in [-0.2, -0.15) is 0 Å². The fraction of sp³-hybridized carbons (Fsp3) is 0.174. The summed E-state index contributed by atoms with van der Waals surface area (Å²) in [5, 5.41) is 19.3. The molecule has 2 unspecified atom stereocenters.